The highest BCUT2D eigenvalue weighted by atomic mass is 35.5. The van der Waals surface area contributed by atoms with Crippen LogP contribution in [0.25, 0.3) is 0 Å². The molecule has 0 aromatic heterocycles. The molecule has 0 aliphatic carbocycles. The molecule has 1 aromatic rings. The molecule has 0 heterocycles. The standard InChI is InChI=1S/C14H19Cl2NO2/c1-10(5-6-14(18)19)7-8-17-9-11-12(15)3-2-4-13(11)16/h2-4,10,17H,5-9H2,1H3,(H,18,19). The molecule has 0 amide bonds. The van der Waals surface area contributed by atoms with Gasteiger partial charge in [0.05, 0.1) is 0 Å². The van der Waals surface area contributed by atoms with E-state index in [1.807, 2.05) is 18.2 Å². The van der Waals surface area contributed by atoms with E-state index in [1.165, 1.54) is 0 Å². The Bertz CT molecular complexity index is 404. The lowest BCUT2D eigenvalue weighted by Gasteiger charge is -2.12. The van der Waals surface area contributed by atoms with Gasteiger partial charge < -0.3 is 10.4 Å². The molecule has 1 atom stereocenters. The second-order valence-electron chi connectivity index (χ2n) is 4.70. The van der Waals surface area contributed by atoms with Crippen molar-refractivity contribution in [3.05, 3.63) is 33.8 Å². The van der Waals surface area contributed by atoms with E-state index in [9.17, 15) is 4.79 Å². The fourth-order valence-corrected chi connectivity index (χ4v) is 2.31. The second kappa shape index (κ2) is 8.41. The quantitative estimate of drug-likeness (QED) is 0.714. The molecule has 106 valence electrons. The van der Waals surface area contributed by atoms with E-state index in [4.69, 9.17) is 28.3 Å². The van der Waals surface area contributed by atoms with Crippen molar-refractivity contribution in [1.29, 1.82) is 0 Å². The third kappa shape index (κ3) is 6.28. The molecule has 0 fully saturated rings. The van der Waals surface area contributed by atoms with Gasteiger partial charge in [0.25, 0.3) is 0 Å². The average Bonchev–Trinajstić information content (AvgIpc) is 2.35. The fraction of sp³-hybridized carbons (Fsp3) is 0.500. The molecule has 0 radical (unpaired) electrons. The zero-order valence-corrected chi connectivity index (χ0v) is 12.5. The molecule has 0 aliphatic heterocycles. The Morgan fingerprint density at radius 3 is 2.53 bits per heavy atom. The predicted octanol–water partition coefficient (Wildman–Crippen LogP) is 3.97. The zero-order valence-electron chi connectivity index (χ0n) is 11.0. The van der Waals surface area contributed by atoms with Crippen molar-refractivity contribution < 1.29 is 9.90 Å². The minimum Gasteiger partial charge on any atom is -0.481 e. The smallest absolute Gasteiger partial charge is 0.303 e. The number of hydrogen-bond donors (Lipinski definition) is 2. The van der Waals surface area contributed by atoms with Crippen molar-refractivity contribution in [1.82, 2.24) is 5.32 Å². The van der Waals surface area contributed by atoms with Crippen molar-refractivity contribution in [3.8, 4) is 0 Å². The normalized spacial score (nSPS) is 12.4. The van der Waals surface area contributed by atoms with Crippen LogP contribution < -0.4 is 5.32 Å². The zero-order chi connectivity index (χ0) is 14.3. The van der Waals surface area contributed by atoms with E-state index in [0.717, 1.165) is 18.5 Å². The van der Waals surface area contributed by atoms with Gasteiger partial charge >= 0.3 is 5.97 Å². The molecule has 0 aliphatic rings. The summed E-state index contributed by atoms with van der Waals surface area (Å²) in [6.45, 7) is 3.51. The van der Waals surface area contributed by atoms with Crippen LogP contribution in [0.2, 0.25) is 10.0 Å². The van der Waals surface area contributed by atoms with E-state index in [-0.39, 0.29) is 6.42 Å². The van der Waals surface area contributed by atoms with Gasteiger partial charge in [0.15, 0.2) is 0 Å². The van der Waals surface area contributed by atoms with E-state index in [2.05, 4.69) is 12.2 Å². The van der Waals surface area contributed by atoms with Crippen LogP contribution in [0.1, 0.15) is 31.7 Å². The number of hydrogen-bond acceptors (Lipinski definition) is 2. The van der Waals surface area contributed by atoms with Crippen molar-refractivity contribution >= 4 is 29.2 Å². The largest absolute Gasteiger partial charge is 0.481 e. The average molecular weight is 304 g/mol. The number of carboxylic acid groups (broad SMARTS) is 1. The number of aliphatic carboxylic acids is 1. The maximum Gasteiger partial charge on any atom is 0.303 e. The number of carbonyl (C=O) groups is 1. The molecule has 1 unspecified atom stereocenters. The number of halogens is 2. The van der Waals surface area contributed by atoms with Crippen LogP contribution in [0.5, 0.6) is 0 Å². The van der Waals surface area contributed by atoms with Crippen molar-refractivity contribution in [2.75, 3.05) is 6.54 Å². The maximum absolute atomic E-state index is 10.4. The summed E-state index contributed by atoms with van der Waals surface area (Å²) in [6.07, 6.45) is 1.89. The van der Waals surface area contributed by atoms with Crippen molar-refractivity contribution in [2.24, 2.45) is 5.92 Å². The maximum atomic E-state index is 10.4. The highest BCUT2D eigenvalue weighted by Gasteiger charge is 2.07. The number of benzene rings is 1. The molecule has 0 saturated heterocycles. The molecule has 1 aromatic carbocycles. The molecule has 0 bridgehead atoms. The Morgan fingerprint density at radius 1 is 1.32 bits per heavy atom. The Morgan fingerprint density at radius 2 is 1.95 bits per heavy atom. The molecular weight excluding hydrogens is 285 g/mol. The molecular formula is C14H19Cl2NO2. The van der Waals surface area contributed by atoms with Crippen LogP contribution in [0.4, 0.5) is 0 Å². The van der Waals surface area contributed by atoms with Crippen molar-refractivity contribution in [2.45, 2.75) is 32.7 Å². The predicted molar refractivity (Wildman–Crippen MR) is 78.8 cm³/mol. The van der Waals surface area contributed by atoms with E-state index in [1.54, 1.807) is 0 Å². The summed E-state index contributed by atoms with van der Waals surface area (Å²) in [5, 5.41) is 13.2. The Labute approximate surface area is 123 Å². The lowest BCUT2D eigenvalue weighted by Crippen LogP contribution is -2.17. The molecule has 19 heavy (non-hydrogen) atoms. The van der Waals surface area contributed by atoms with Gasteiger partial charge in [0.2, 0.25) is 0 Å². The molecule has 0 saturated carbocycles. The van der Waals surface area contributed by atoms with Gasteiger partial charge in [-0.1, -0.05) is 36.2 Å². The third-order valence-corrected chi connectivity index (χ3v) is 3.74. The van der Waals surface area contributed by atoms with Gasteiger partial charge in [-0.2, -0.15) is 0 Å². The lowest BCUT2D eigenvalue weighted by atomic mass is 10.0. The number of carboxylic acids is 1. The first-order valence-corrected chi connectivity index (χ1v) is 7.11. The molecule has 5 heteroatoms. The van der Waals surface area contributed by atoms with E-state index >= 15 is 0 Å². The summed E-state index contributed by atoms with van der Waals surface area (Å²) in [5.41, 5.74) is 0.907. The van der Waals surface area contributed by atoms with Crippen LogP contribution in [0, 0.1) is 5.92 Å². The van der Waals surface area contributed by atoms with Gasteiger partial charge in [-0.15, -0.1) is 0 Å². The number of nitrogens with one attached hydrogen (secondary N) is 1. The molecule has 3 nitrogen and oxygen atoms in total. The molecule has 1 rings (SSSR count). The minimum absolute atomic E-state index is 0.234. The Balaban J connectivity index is 2.25. The monoisotopic (exact) mass is 303 g/mol. The van der Waals surface area contributed by atoms with Crippen LogP contribution in [-0.2, 0) is 11.3 Å². The summed E-state index contributed by atoms with van der Waals surface area (Å²) >= 11 is 12.1. The SMILES string of the molecule is CC(CCNCc1c(Cl)cccc1Cl)CCC(=O)O. The fourth-order valence-electron chi connectivity index (χ4n) is 1.78. The van der Waals surface area contributed by atoms with Gasteiger partial charge in [0.1, 0.15) is 0 Å². The Kier molecular flexibility index (Phi) is 7.21. The van der Waals surface area contributed by atoms with Gasteiger partial charge in [-0.3, -0.25) is 4.79 Å². The van der Waals surface area contributed by atoms with Gasteiger partial charge in [0, 0.05) is 28.6 Å². The first-order valence-electron chi connectivity index (χ1n) is 6.36. The van der Waals surface area contributed by atoms with E-state index in [0.29, 0.717) is 28.9 Å². The second-order valence-corrected chi connectivity index (χ2v) is 5.52. The summed E-state index contributed by atoms with van der Waals surface area (Å²) in [6, 6.07) is 5.46. The summed E-state index contributed by atoms with van der Waals surface area (Å²) in [4.78, 5) is 10.4. The Hall–Kier alpha value is -0.770. The molecule has 2 N–H and O–H groups in total. The molecule has 0 spiro atoms. The van der Waals surface area contributed by atoms with Crippen molar-refractivity contribution in [3.63, 3.8) is 0 Å². The first-order chi connectivity index (χ1) is 9.00. The highest BCUT2D eigenvalue weighted by molar-refractivity contribution is 6.35. The van der Waals surface area contributed by atoms with Gasteiger partial charge in [-0.25, -0.2) is 0 Å². The van der Waals surface area contributed by atoms with Gasteiger partial charge in [-0.05, 0) is 37.4 Å². The summed E-state index contributed by atoms with van der Waals surface area (Å²) in [5.74, 6) is -0.340. The lowest BCUT2D eigenvalue weighted by molar-refractivity contribution is -0.137. The minimum atomic E-state index is -0.734. The number of rotatable bonds is 8. The van der Waals surface area contributed by atoms with Crippen LogP contribution in [0.3, 0.4) is 0 Å². The topological polar surface area (TPSA) is 49.3 Å². The third-order valence-electron chi connectivity index (χ3n) is 3.03. The summed E-state index contributed by atoms with van der Waals surface area (Å²) in [7, 11) is 0. The summed E-state index contributed by atoms with van der Waals surface area (Å²) < 4.78 is 0. The van der Waals surface area contributed by atoms with E-state index < -0.39 is 5.97 Å². The van der Waals surface area contributed by atoms with Crippen LogP contribution in [-0.4, -0.2) is 17.6 Å². The highest BCUT2D eigenvalue weighted by Crippen LogP contribution is 2.23. The first kappa shape index (κ1) is 16.3. The van der Waals surface area contributed by atoms with Crippen LogP contribution in [0.15, 0.2) is 18.2 Å². The van der Waals surface area contributed by atoms with Crippen LogP contribution >= 0.6 is 23.2 Å².